The molecule has 0 aromatic rings. The first-order valence-electron chi connectivity index (χ1n) is 10.3. The van der Waals surface area contributed by atoms with Gasteiger partial charge in [0, 0.05) is 0 Å². The van der Waals surface area contributed by atoms with Crippen LogP contribution in [0.5, 0.6) is 0 Å². The van der Waals surface area contributed by atoms with E-state index in [9.17, 15) is 9.59 Å². The van der Waals surface area contributed by atoms with Crippen LogP contribution >= 0.6 is 15.9 Å². The van der Waals surface area contributed by atoms with Gasteiger partial charge < -0.3 is 19.5 Å². The molecule has 0 radical (unpaired) electrons. The van der Waals surface area contributed by atoms with E-state index in [4.69, 9.17) is 14.2 Å². The highest BCUT2D eigenvalue weighted by atomic mass is 79.9. The minimum atomic E-state index is -0.838. The number of rotatable bonds is 8. The number of cyclic esters (lactones) is 1. The molecule has 0 unspecified atom stereocenters. The maximum Gasteiger partial charge on any atom is 0.349 e. The number of carbonyl (C=O) groups excluding carboxylic acids is 2. The van der Waals surface area contributed by atoms with Crippen LogP contribution in [0.2, 0.25) is 0 Å². The molecule has 0 aromatic heterocycles. The number of nitrogens with one attached hydrogen (secondary N) is 1. The summed E-state index contributed by atoms with van der Waals surface area (Å²) >= 11 is 3.31. The molecule has 2 aliphatic rings. The maximum atomic E-state index is 12.3. The Morgan fingerprint density at radius 3 is 2.57 bits per heavy atom. The lowest BCUT2D eigenvalue weighted by Gasteiger charge is -2.38. The summed E-state index contributed by atoms with van der Waals surface area (Å²) in [5, 5.41) is 3.18. The molecule has 28 heavy (non-hydrogen) atoms. The minimum absolute atomic E-state index is 0.0110. The molecule has 6 atom stereocenters. The number of hydrogen-bond donors (Lipinski definition) is 1. The topological polar surface area (TPSA) is 73.9 Å². The Morgan fingerprint density at radius 1 is 1.32 bits per heavy atom. The third-order valence-electron chi connectivity index (χ3n) is 6.10. The van der Waals surface area contributed by atoms with E-state index >= 15 is 0 Å². The van der Waals surface area contributed by atoms with Crippen molar-refractivity contribution in [1.82, 2.24) is 5.32 Å². The summed E-state index contributed by atoms with van der Waals surface area (Å²) in [4.78, 5) is 24.5. The van der Waals surface area contributed by atoms with E-state index in [0.717, 1.165) is 19.3 Å². The lowest BCUT2D eigenvalue weighted by molar-refractivity contribution is -0.182. The van der Waals surface area contributed by atoms with Crippen molar-refractivity contribution in [2.45, 2.75) is 78.7 Å². The van der Waals surface area contributed by atoms with Crippen LogP contribution in [-0.4, -0.2) is 37.5 Å². The van der Waals surface area contributed by atoms with E-state index in [2.05, 4.69) is 42.0 Å². The van der Waals surface area contributed by atoms with Gasteiger partial charge in [-0.05, 0) is 52.4 Å². The SMILES string of the molecule is CC[C@H](C)[C@H](NC1=C(Br)C(=O)O[C@@H]1O[C@@H]1C[C@H](C)CC[C@H]1C(C)C)C(=O)OC. The van der Waals surface area contributed by atoms with Gasteiger partial charge in [0.15, 0.2) is 0 Å². The average molecular weight is 460 g/mol. The van der Waals surface area contributed by atoms with Gasteiger partial charge in [-0.25, -0.2) is 9.59 Å². The van der Waals surface area contributed by atoms with Gasteiger partial charge in [-0.3, -0.25) is 0 Å². The van der Waals surface area contributed by atoms with Gasteiger partial charge >= 0.3 is 11.9 Å². The molecule has 0 spiro atoms. The molecule has 6 nitrogen and oxygen atoms in total. The molecular weight excluding hydrogens is 426 g/mol. The van der Waals surface area contributed by atoms with Crippen LogP contribution in [0.15, 0.2) is 10.2 Å². The van der Waals surface area contributed by atoms with Crippen LogP contribution in [0.25, 0.3) is 0 Å². The first-order chi connectivity index (χ1) is 13.2. The summed E-state index contributed by atoms with van der Waals surface area (Å²) in [7, 11) is 1.36. The van der Waals surface area contributed by atoms with Gasteiger partial charge in [0.05, 0.1) is 13.2 Å². The van der Waals surface area contributed by atoms with E-state index in [-0.39, 0.29) is 22.5 Å². The van der Waals surface area contributed by atoms with E-state index in [1.165, 1.54) is 13.5 Å². The fourth-order valence-corrected chi connectivity index (χ4v) is 4.44. The largest absolute Gasteiger partial charge is 0.467 e. The number of esters is 2. The molecule has 7 heteroatoms. The Hall–Kier alpha value is -1.08. The molecule has 0 amide bonds. The maximum absolute atomic E-state index is 12.3. The highest BCUT2D eigenvalue weighted by molar-refractivity contribution is 9.12. The van der Waals surface area contributed by atoms with Crippen molar-refractivity contribution in [2.24, 2.45) is 23.7 Å². The molecule has 1 saturated carbocycles. The highest BCUT2D eigenvalue weighted by Crippen LogP contribution is 2.38. The van der Waals surface area contributed by atoms with Gasteiger partial charge in [-0.1, -0.05) is 47.5 Å². The van der Waals surface area contributed by atoms with Gasteiger partial charge in [0.2, 0.25) is 6.29 Å². The predicted octanol–water partition coefficient (Wildman–Crippen LogP) is 4.13. The van der Waals surface area contributed by atoms with Crippen LogP contribution in [-0.2, 0) is 23.8 Å². The Bertz CT molecular complexity index is 606. The van der Waals surface area contributed by atoms with Gasteiger partial charge in [-0.2, -0.15) is 0 Å². The summed E-state index contributed by atoms with van der Waals surface area (Å²) in [6.07, 6.45) is 3.19. The summed E-state index contributed by atoms with van der Waals surface area (Å²) in [6, 6.07) is -0.579. The fourth-order valence-electron chi connectivity index (χ4n) is 4.04. The summed E-state index contributed by atoms with van der Waals surface area (Å²) in [6.45, 7) is 10.6. The van der Waals surface area contributed by atoms with Crippen molar-refractivity contribution in [1.29, 1.82) is 0 Å². The normalized spacial score (nSPS) is 30.2. The van der Waals surface area contributed by atoms with Crippen LogP contribution in [0.3, 0.4) is 0 Å². The minimum Gasteiger partial charge on any atom is -0.467 e. The van der Waals surface area contributed by atoms with Crippen molar-refractivity contribution < 1.29 is 23.8 Å². The van der Waals surface area contributed by atoms with E-state index in [1.807, 2.05) is 13.8 Å². The number of methoxy groups -OCH3 is 1. The van der Waals surface area contributed by atoms with Crippen molar-refractivity contribution in [2.75, 3.05) is 7.11 Å². The zero-order chi connectivity index (χ0) is 21.0. The van der Waals surface area contributed by atoms with Crippen molar-refractivity contribution in [3.63, 3.8) is 0 Å². The fraction of sp³-hybridized carbons (Fsp3) is 0.810. The third kappa shape index (κ3) is 5.29. The predicted molar refractivity (Wildman–Crippen MR) is 110 cm³/mol. The Kier molecular flexibility index (Phi) is 8.37. The molecule has 0 aromatic carbocycles. The molecule has 1 heterocycles. The summed E-state index contributed by atoms with van der Waals surface area (Å²) in [5.74, 6) is 0.651. The van der Waals surface area contributed by atoms with Crippen molar-refractivity contribution in [3.8, 4) is 0 Å². The third-order valence-corrected chi connectivity index (χ3v) is 6.86. The Labute approximate surface area is 176 Å². The molecular formula is C21H34BrNO5. The standard InChI is InChI=1S/C21H34BrNO5/c1-7-13(5)17(20(25)26-6)23-18-16(22)19(24)28-21(18)27-15-10-12(4)8-9-14(15)11(2)3/h11-15,17,21,23H,7-10H2,1-6H3/t12-,13+,14+,15-,17+,21+/m1/s1. The summed E-state index contributed by atoms with van der Waals surface area (Å²) < 4.78 is 17.0. The number of hydrogen-bond acceptors (Lipinski definition) is 6. The lowest BCUT2D eigenvalue weighted by atomic mass is 9.75. The van der Waals surface area contributed by atoms with Gasteiger partial charge in [0.1, 0.15) is 16.2 Å². The molecule has 1 N–H and O–H groups in total. The molecule has 0 saturated heterocycles. The average Bonchev–Trinajstić information content (AvgIpc) is 2.91. The molecule has 1 aliphatic heterocycles. The first-order valence-corrected chi connectivity index (χ1v) is 11.1. The number of ether oxygens (including phenoxy) is 3. The quantitative estimate of drug-likeness (QED) is 0.549. The smallest absolute Gasteiger partial charge is 0.349 e. The summed E-state index contributed by atoms with van der Waals surface area (Å²) in [5.41, 5.74) is 0.474. The van der Waals surface area contributed by atoms with Crippen LogP contribution in [0.4, 0.5) is 0 Å². The zero-order valence-electron chi connectivity index (χ0n) is 17.8. The van der Waals surface area contributed by atoms with Crippen molar-refractivity contribution in [3.05, 3.63) is 10.2 Å². The molecule has 2 rings (SSSR count). The van der Waals surface area contributed by atoms with Crippen LogP contribution in [0, 0.1) is 23.7 Å². The van der Waals surface area contributed by atoms with E-state index in [0.29, 0.717) is 23.5 Å². The lowest BCUT2D eigenvalue weighted by Crippen LogP contribution is -2.45. The van der Waals surface area contributed by atoms with Gasteiger partial charge in [-0.15, -0.1) is 0 Å². The first kappa shape index (κ1) is 23.2. The van der Waals surface area contributed by atoms with E-state index < -0.39 is 18.3 Å². The molecule has 1 aliphatic carbocycles. The zero-order valence-corrected chi connectivity index (χ0v) is 19.4. The van der Waals surface area contributed by atoms with Crippen LogP contribution < -0.4 is 5.32 Å². The monoisotopic (exact) mass is 459 g/mol. The molecule has 1 fully saturated rings. The second-order valence-electron chi connectivity index (χ2n) is 8.50. The molecule has 0 bridgehead atoms. The Balaban J connectivity index is 2.21. The molecule has 160 valence electrons. The van der Waals surface area contributed by atoms with Crippen LogP contribution in [0.1, 0.15) is 60.3 Å². The van der Waals surface area contributed by atoms with Gasteiger partial charge in [0.25, 0.3) is 0 Å². The Morgan fingerprint density at radius 2 is 2.00 bits per heavy atom. The second-order valence-corrected chi connectivity index (χ2v) is 9.29. The second kappa shape index (κ2) is 10.1. The number of halogens is 1. The number of carbonyl (C=O) groups is 2. The highest BCUT2D eigenvalue weighted by Gasteiger charge is 2.41. The van der Waals surface area contributed by atoms with Crippen molar-refractivity contribution >= 4 is 27.9 Å². The van der Waals surface area contributed by atoms with E-state index in [1.54, 1.807) is 0 Å².